The summed E-state index contributed by atoms with van der Waals surface area (Å²) < 4.78 is 0. The molecule has 1 aliphatic rings. The molecule has 1 fully saturated rings. The number of amides is 1. The molecule has 142 valence electrons. The van der Waals surface area contributed by atoms with Gasteiger partial charge in [-0.2, -0.15) is 0 Å². The van der Waals surface area contributed by atoms with Crippen molar-refractivity contribution in [3.63, 3.8) is 0 Å². The van der Waals surface area contributed by atoms with E-state index in [2.05, 4.69) is 4.98 Å². The average Bonchev–Trinajstić information content (AvgIpc) is 3.58. The third kappa shape index (κ3) is 4.12. The molecule has 1 aliphatic carbocycles. The lowest BCUT2D eigenvalue weighted by Gasteiger charge is -2.23. The highest BCUT2D eigenvalue weighted by Gasteiger charge is 2.33. The highest BCUT2D eigenvalue weighted by atomic mass is 16.3. The van der Waals surface area contributed by atoms with Crippen LogP contribution in [0.5, 0.6) is 0 Å². The fourth-order valence-corrected chi connectivity index (χ4v) is 3.39. The second-order valence-electron chi connectivity index (χ2n) is 7.40. The Labute approximate surface area is 165 Å². The zero-order chi connectivity index (χ0) is 19.5. The van der Waals surface area contributed by atoms with Crippen LogP contribution >= 0.6 is 0 Å². The Hall–Kier alpha value is -2.98. The molecule has 0 aliphatic heterocycles. The third-order valence-electron chi connectivity index (χ3n) is 5.18. The van der Waals surface area contributed by atoms with E-state index < -0.39 is 6.10 Å². The molecule has 0 bridgehead atoms. The first-order valence-electron chi connectivity index (χ1n) is 9.70. The molecule has 1 heterocycles. The minimum Gasteiger partial charge on any atom is -0.389 e. The van der Waals surface area contributed by atoms with Crippen molar-refractivity contribution < 1.29 is 9.90 Å². The number of aromatic nitrogens is 1. The predicted octanol–water partition coefficient (Wildman–Crippen LogP) is 4.61. The molecule has 4 rings (SSSR count). The molecule has 1 amide bonds. The number of rotatable bonds is 6. The molecule has 2 aromatic carbocycles. The fraction of sp³-hybridized carbons (Fsp3) is 0.250. The van der Waals surface area contributed by atoms with E-state index in [0.29, 0.717) is 18.2 Å². The van der Waals surface area contributed by atoms with E-state index in [1.54, 1.807) is 19.3 Å². The van der Waals surface area contributed by atoms with Gasteiger partial charge in [0.05, 0.1) is 6.10 Å². The number of hydrogen-bond acceptors (Lipinski definition) is 3. The summed E-state index contributed by atoms with van der Waals surface area (Å²) in [4.78, 5) is 19.1. The van der Waals surface area contributed by atoms with Gasteiger partial charge in [0, 0.05) is 30.5 Å². The number of aliphatic hydroxyl groups is 1. The van der Waals surface area contributed by atoms with Gasteiger partial charge in [0.1, 0.15) is 0 Å². The van der Waals surface area contributed by atoms with Gasteiger partial charge in [-0.15, -0.1) is 0 Å². The van der Waals surface area contributed by atoms with Gasteiger partial charge in [-0.1, -0.05) is 30.3 Å². The SMILES string of the molecule is CC(O)c1cccc(-c2ccc(C(=O)N(Cc3ccncc3)C3CC3)cc2)c1. The fourth-order valence-electron chi connectivity index (χ4n) is 3.39. The van der Waals surface area contributed by atoms with Crippen molar-refractivity contribution in [1.29, 1.82) is 0 Å². The molecule has 1 aromatic heterocycles. The Morgan fingerprint density at radius 2 is 1.79 bits per heavy atom. The molecule has 1 saturated carbocycles. The number of pyridine rings is 1. The van der Waals surface area contributed by atoms with E-state index in [4.69, 9.17) is 0 Å². The lowest BCUT2D eigenvalue weighted by atomic mass is 10.00. The number of hydrogen-bond donors (Lipinski definition) is 1. The first-order valence-corrected chi connectivity index (χ1v) is 9.70. The van der Waals surface area contributed by atoms with Gasteiger partial charge in [0.2, 0.25) is 0 Å². The van der Waals surface area contributed by atoms with Crippen LogP contribution in [0.1, 0.15) is 47.4 Å². The quantitative estimate of drug-likeness (QED) is 0.688. The minimum absolute atomic E-state index is 0.0728. The van der Waals surface area contributed by atoms with E-state index in [9.17, 15) is 9.90 Å². The van der Waals surface area contributed by atoms with Gasteiger partial charge in [-0.05, 0) is 72.4 Å². The second-order valence-corrected chi connectivity index (χ2v) is 7.40. The molecule has 1 atom stereocenters. The number of carbonyl (C=O) groups is 1. The van der Waals surface area contributed by atoms with Crippen molar-refractivity contribution in [2.24, 2.45) is 0 Å². The van der Waals surface area contributed by atoms with E-state index in [1.807, 2.05) is 65.6 Å². The van der Waals surface area contributed by atoms with Crippen LogP contribution < -0.4 is 0 Å². The van der Waals surface area contributed by atoms with Gasteiger partial charge in [-0.3, -0.25) is 9.78 Å². The highest BCUT2D eigenvalue weighted by molar-refractivity contribution is 5.95. The normalized spacial score (nSPS) is 14.5. The maximum absolute atomic E-state index is 13.1. The van der Waals surface area contributed by atoms with Crippen LogP contribution in [0, 0.1) is 0 Å². The summed E-state index contributed by atoms with van der Waals surface area (Å²) in [7, 11) is 0. The summed E-state index contributed by atoms with van der Waals surface area (Å²) >= 11 is 0. The summed E-state index contributed by atoms with van der Waals surface area (Å²) in [5.41, 5.74) is 4.76. The maximum Gasteiger partial charge on any atom is 0.254 e. The molecule has 4 nitrogen and oxygen atoms in total. The maximum atomic E-state index is 13.1. The Balaban J connectivity index is 1.54. The lowest BCUT2D eigenvalue weighted by molar-refractivity contribution is 0.0730. The standard InChI is InChI=1S/C24H24N2O2/c1-17(27)21-3-2-4-22(15-21)19-5-7-20(8-6-19)24(28)26(23-9-10-23)16-18-11-13-25-14-12-18/h2-8,11-15,17,23,27H,9-10,16H2,1H3. The predicted molar refractivity (Wildman–Crippen MR) is 110 cm³/mol. The third-order valence-corrected chi connectivity index (χ3v) is 5.18. The van der Waals surface area contributed by atoms with Crippen LogP contribution in [0.3, 0.4) is 0 Å². The topological polar surface area (TPSA) is 53.4 Å². The van der Waals surface area contributed by atoms with Gasteiger partial charge >= 0.3 is 0 Å². The first kappa shape index (κ1) is 18.4. The number of benzene rings is 2. The van der Waals surface area contributed by atoms with Crippen molar-refractivity contribution in [3.05, 3.63) is 89.7 Å². The zero-order valence-electron chi connectivity index (χ0n) is 16.0. The van der Waals surface area contributed by atoms with Gasteiger partial charge in [-0.25, -0.2) is 0 Å². The average molecular weight is 372 g/mol. The Morgan fingerprint density at radius 1 is 1.07 bits per heavy atom. The van der Waals surface area contributed by atoms with Crippen molar-refractivity contribution in [3.8, 4) is 11.1 Å². The Bertz CT molecular complexity index is 948. The summed E-state index contributed by atoms with van der Waals surface area (Å²) in [5.74, 6) is 0.0728. The zero-order valence-corrected chi connectivity index (χ0v) is 16.0. The van der Waals surface area contributed by atoms with Crippen molar-refractivity contribution in [2.45, 2.75) is 38.5 Å². The van der Waals surface area contributed by atoms with Crippen molar-refractivity contribution >= 4 is 5.91 Å². The monoisotopic (exact) mass is 372 g/mol. The van der Waals surface area contributed by atoms with Crippen molar-refractivity contribution in [2.75, 3.05) is 0 Å². The molecule has 0 radical (unpaired) electrons. The van der Waals surface area contributed by atoms with Crippen LogP contribution in [0.25, 0.3) is 11.1 Å². The highest BCUT2D eigenvalue weighted by Crippen LogP contribution is 2.30. The summed E-state index contributed by atoms with van der Waals surface area (Å²) in [6.45, 7) is 2.38. The number of aliphatic hydroxyl groups excluding tert-OH is 1. The summed E-state index contributed by atoms with van der Waals surface area (Å²) in [6.07, 6.45) is 5.17. The summed E-state index contributed by atoms with van der Waals surface area (Å²) in [6, 6.07) is 19.9. The van der Waals surface area contributed by atoms with Crippen LogP contribution in [0.15, 0.2) is 73.1 Å². The Kier molecular flexibility index (Phi) is 5.22. The van der Waals surface area contributed by atoms with Gasteiger partial charge < -0.3 is 10.0 Å². The van der Waals surface area contributed by atoms with Gasteiger partial charge in [0.25, 0.3) is 5.91 Å². The van der Waals surface area contributed by atoms with Gasteiger partial charge in [0.15, 0.2) is 0 Å². The molecular weight excluding hydrogens is 348 g/mol. The van der Waals surface area contributed by atoms with Crippen LogP contribution in [0.4, 0.5) is 0 Å². The second kappa shape index (κ2) is 7.95. The molecule has 1 unspecified atom stereocenters. The molecular formula is C24H24N2O2. The van der Waals surface area contributed by atoms with Crippen LogP contribution in [0.2, 0.25) is 0 Å². The largest absolute Gasteiger partial charge is 0.389 e. The Morgan fingerprint density at radius 3 is 2.43 bits per heavy atom. The van der Waals surface area contributed by atoms with Crippen LogP contribution in [-0.4, -0.2) is 26.9 Å². The van der Waals surface area contributed by atoms with E-state index in [1.165, 1.54) is 0 Å². The molecule has 1 N–H and O–H groups in total. The van der Waals surface area contributed by atoms with Crippen LogP contribution in [-0.2, 0) is 6.54 Å². The number of carbonyl (C=O) groups excluding carboxylic acids is 1. The van der Waals surface area contributed by atoms with E-state index >= 15 is 0 Å². The molecule has 28 heavy (non-hydrogen) atoms. The molecule has 4 heteroatoms. The van der Waals surface area contributed by atoms with Crippen molar-refractivity contribution in [1.82, 2.24) is 9.88 Å². The molecule has 0 spiro atoms. The van der Waals surface area contributed by atoms with E-state index in [0.717, 1.165) is 35.1 Å². The smallest absolute Gasteiger partial charge is 0.254 e. The summed E-state index contributed by atoms with van der Waals surface area (Å²) in [5, 5.41) is 9.80. The molecule has 0 saturated heterocycles. The minimum atomic E-state index is -0.499. The lowest BCUT2D eigenvalue weighted by Crippen LogP contribution is -2.32. The number of nitrogens with zero attached hydrogens (tertiary/aromatic N) is 2. The first-order chi connectivity index (χ1) is 13.6. The molecule has 3 aromatic rings. The van der Waals surface area contributed by atoms with E-state index in [-0.39, 0.29) is 5.91 Å².